The highest BCUT2D eigenvalue weighted by molar-refractivity contribution is 5.75. The molecule has 1 amide bonds. The predicted octanol–water partition coefficient (Wildman–Crippen LogP) is -0.262. The number of hydrogen-bond acceptors (Lipinski definition) is 3. The van der Waals surface area contributed by atoms with E-state index in [1.54, 1.807) is 12.5 Å². The maximum absolute atomic E-state index is 11.1. The molecule has 3 N–H and O–H groups in total. The molecule has 0 aliphatic heterocycles. The molecule has 0 fully saturated rings. The molecule has 0 saturated carbocycles. The van der Waals surface area contributed by atoms with Crippen LogP contribution in [0.15, 0.2) is 18.7 Å². The summed E-state index contributed by atoms with van der Waals surface area (Å²) < 4.78 is 1.92. The van der Waals surface area contributed by atoms with Gasteiger partial charge < -0.3 is 15.6 Å². The lowest BCUT2D eigenvalue weighted by Gasteiger charge is -2.04. The highest BCUT2D eigenvalue weighted by atomic mass is 16.1. The summed E-state index contributed by atoms with van der Waals surface area (Å²) in [6.45, 7) is 1.96. The molecule has 5 nitrogen and oxygen atoms in total. The highest BCUT2D eigenvalue weighted by Gasteiger charge is 1.98. The molecule has 0 aliphatic rings. The lowest BCUT2D eigenvalue weighted by molar-refractivity contribution is -0.121. The number of nitrogens with one attached hydrogen (secondary N) is 1. The molecule has 0 unspecified atom stereocenters. The molecule has 0 spiro atoms. The molecule has 0 atom stereocenters. The number of hydrogen-bond donors (Lipinski definition) is 2. The zero-order valence-corrected chi connectivity index (χ0v) is 8.15. The molecule has 0 radical (unpaired) electrons. The molecule has 1 aromatic heterocycles. The third-order valence-electron chi connectivity index (χ3n) is 1.86. The number of aromatic nitrogens is 2. The first-order valence-corrected chi connectivity index (χ1v) is 4.75. The zero-order chi connectivity index (χ0) is 10.2. The van der Waals surface area contributed by atoms with Crippen LogP contribution in [-0.4, -0.2) is 28.5 Å². The first-order chi connectivity index (χ1) is 6.83. The minimum absolute atomic E-state index is 0.0653. The second-order valence-corrected chi connectivity index (χ2v) is 3.04. The smallest absolute Gasteiger partial charge is 0.220 e. The molecule has 0 aliphatic carbocycles. The van der Waals surface area contributed by atoms with Gasteiger partial charge in [-0.05, 0) is 13.0 Å². The molecular weight excluding hydrogens is 180 g/mol. The Balaban J connectivity index is 2.06. The monoisotopic (exact) mass is 196 g/mol. The van der Waals surface area contributed by atoms with Crippen molar-refractivity contribution in [3.8, 4) is 0 Å². The average molecular weight is 196 g/mol. The van der Waals surface area contributed by atoms with Gasteiger partial charge in [-0.2, -0.15) is 0 Å². The van der Waals surface area contributed by atoms with Crippen LogP contribution >= 0.6 is 0 Å². The number of amides is 1. The molecule has 0 bridgehead atoms. The van der Waals surface area contributed by atoms with E-state index < -0.39 is 0 Å². The highest BCUT2D eigenvalue weighted by Crippen LogP contribution is 1.87. The molecule has 5 heteroatoms. The fraction of sp³-hybridized carbons (Fsp3) is 0.556. The van der Waals surface area contributed by atoms with Crippen molar-refractivity contribution in [1.82, 2.24) is 14.9 Å². The van der Waals surface area contributed by atoms with Crippen LogP contribution in [0, 0.1) is 0 Å². The topological polar surface area (TPSA) is 72.9 Å². The van der Waals surface area contributed by atoms with Gasteiger partial charge in [-0.15, -0.1) is 0 Å². The van der Waals surface area contributed by atoms with Gasteiger partial charge in [0.1, 0.15) is 0 Å². The van der Waals surface area contributed by atoms with Gasteiger partial charge in [-0.3, -0.25) is 4.79 Å². The third-order valence-corrected chi connectivity index (χ3v) is 1.86. The van der Waals surface area contributed by atoms with Crippen LogP contribution in [0.25, 0.3) is 0 Å². The van der Waals surface area contributed by atoms with Gasteiger partial charge in [0.25, 0.3) is 0 Å². The standard InChI is InChI=1S/C9H16N4O/c10-3-1-2-9(14)12-5-7-13-6-4-11-8-13/h4,6,8H,1-3,5,7,10H2,(H,12,14). The van der Waals surface area contributed by atoms with Crippen molar-refractivity contribution in [3.05, 3.63) is 18.7 Å². The largest absolute Gasteiger partial charge is 0.354 e. The first-order valence-electron chi connectivity index (χ1n) is 4.75. The maximum Gasteiger partial charge on any atom is 0.220 e. The fourth-order valence-electron chi connectivity index (χ4n) is 1.09. The van der Waals surface area contributed by atoms with E-state index in [0.717, 1.165) is 13.0 Å². The summed E-state index contributed by atoms with van der Waals surface area (Å²) >= 11 is 0. The molecule has 14 heavy (non-hydrogen) atoms. The molecule has 0 aromatic carbocycles. The van der Waals surface area contributed by atoms with Gasteiger partial charge in [-0.25, -0.2) is 4.98 Å². The van der Waals surface area contributed by atoms with Gasteiger partial charge in [0.15, 0.2) is 0 Å². The zero-order valence-electron chi connectivity index (χ0n) is 8.15. The number of rotatable bonds is 6. The summed E-state index contributed by atoms with van der Waals surface area (Å²) in [5, 5.41) is 2.81. The Morgan fingerprint density at radius 3 is 3.07 bits per heavy atom. The second kappa shape index (κ2) is 6.15. The average Bonchev–Trinajstić information content (AvgIpc) is 2.67. The van der Waals surface area contributed by atoms with E-state index in [1.165, 1.54) is 0 Å². The summed E-state index contributed by atoms with van der Waals surface area (Å²) in [5.74, 6) is 0.0653. The van der Waals surface area contributed by atoms with Crippen molar-refractivity contribution in [2.75, 3.05) is 13.1 Å². The van der Waals surface area contributed by atoms with Crippen LogP contribution in [0.5, 0.6) is 0 Å². The Morgan fingerprint density at radius 2 is 2.43 bits per heavy atom. The van der Waals surface area contributed by atoms with Crippen molar-refractivity contribution in [3.63, 3.8) is 0 Å². The van der Waals surface area contributed by atoms with Crippen LogP contribution in [-0.2, 0) is 11.3 Å². The molecule has 78 valence electrons. The van der Waals surface area contributed by atoms with Crippen molar-refractivity contribution < 1.29 is 4.79 Å². The van der Waals surface area contributed by atoms with Gasteiger partial charge in [0.05, 0.1) is 6.33 Å². The summed E-state index contributed by atoms with van der Waals surface area (Å²) in [6, 6.07) is 0. The van der Waals surface area contributed by atoms with Gasteiger partial charge in [0.2, 0.25) is 5.91 Å². The van der Waals surface area contributed by atoms with E-state index >= 15 is 0 Å². The summed E-state index contributed by atoms with van der Waals surface area (Å²) in [7, 11) is 0. The van der Waals surface area contributed by atoms with Crippen LogP contribution in [0.2, 0.25) is 0 Å². The van der Waals surface area contributed by atoms with Gasteiger partial charge in [0, 0.05) is 31.9 Å². The van der Waals surface area contributed by atoms with Gasteiger partial charge >= 0.3 is 0 Å². The van der Waals surface area contributed by atoms with Gasteiger partial charge in [-0.1, -0.05) is 0 Å². The summed E-state index contributed by atoms with van der Waals surface area (Å²) in [6.07, 6.45) is 6.58. The fourth-order valence-corrected chi connectivity index (χ4v) is 1.09. The summed E-state index contributed by atoms with van der Waals surface area (Å²) in [5.41, 5.74) is 5.29. The van der Waals surface area contributed by atoms with E-state index in [0.29, 0.717) is 19.5 Å². The Morgan fingerprint density at radius 1 is 1.57 bits per heavy atom. The Bertz CT molecular complexity index is 258. The summed E-state index contributed by atoms with van der Waals surface area (Å²) in [4.78, 5) is 15.0. The number of nitrogens with two attached hydrogens (primary N) is 1. The van der Waals surface area contributed by atoms with Crippen molar-refractivity contribution >= 4 is 5.91 Å². The predicted molar refractivity (Wildman–Crippen MR) is 53.5 cm³/mol. The Hall–Kier alpha value is -1.36. The van der Waals surface area contributed by atoms with Crippen LogP contribution < -0.4 is 11.1 Å². The lowest BCUT2D eigenvalue weighted by Crippen LogP contribution is -2.27. The van der Waals surface area contributed by atoms with Crippen LogP contribution in [0.1, 0.15) is 12.8 Å². The van der Waals surface area contributed by atoms with Crippen molar-refractivity contribution in [2.24, 2.45) is 5.73 Å². The minimum atomic E-state index is 0.0653. The Kier molecular flexibility index (Phi) is 4.71. The normalized spacial score (nSPS) is 10.1. The van der Waals surface area contributed by atoms with E-state index in [-0.39, 0.29) is 5.91 Å². The number of carbonyl (C=O) groups excluding carboxylic acids is 1. The Labute approximate surface area is 83.3 Å². The molecule has 1 rings (SSSR count). The van der Waals surface area contributed by atoms with E-state index in [1.807, 2.05) is 10.8 Å². The van der Waals surface area contributed by atoms with Crippen LogP contribution in [0.3, 0.4) is 0 Å². The molecule has 1 heterocycles. The SMILES string of the molecule is NCCCC(=O)NCCn1ccnc1. The quantitative estimate of drug-likeness (QED) is 0.658. The third kappa shape index (κ3) is 4.04. The van der Waals surface area contributed by atoms with E-state index in [9.17, 15) is 4.79 Å². The number of imidazole rings is 1. The van der Waals surface area contributed by atoms with Crippen molar-refractivity contribution in [1.29, 1.82) is 0 Å². The molecule has 0 saturated heterocycles. The van der Waals surface area contributed by atoms with Crippen LogP contribution in [0.4, 0.5) is 0 Å². The molecule has 1 aromatic rings. The number of carbonyl (C=O) groups is 1. The molecular formula is C9H16N4O. The van der Waals surface area contributed by atoms with E-state index in [2.05, 4.69) is 10.3 Å². The first kappa shape index (κ1) is 10.7. The minimum Gasteiger partial charge on any atom is -0.354 e. The van der Waals surface area contributed by atoms with Crippen molar-refractivity contribution in [2.45, 2.75) is 19.4 Å². The maximum atomic E-state index is 11.1. The second-order valence-electron chi connectivity index (χ2n) is 3.04. The number of nitrogens with zero attached hydrogens (tertiary/aromatic N) is 2. The lowest BCUT2D eigenvalue weighted by atomic mass is 10.3. The van der Waals surface area contributed by atoms with E-state index in [4.69, 9.17) is 5.73 Å².